The van der Waals surface area contributed by atoms with Gasteiger partial charge in [-0.25, -0.2) is 0 Å². The van der Waals surface area contributed by atoms with Gasteiger partial charge in [0.25, 0.3) is 0 Å². The number of hydrogen-bond acceptors (Lipinski definition) is 10. The Bertz CT molecular complexity index is 2210. The normalized spacial score (nSPS) is 13.6. The number of fused-ring (bicyclic) bond motifs is 1. The summed E-state index contributed by atoms with van der Waals surface area (Å²) >= 11 is 0. The number of nitrogens with zero attached hydrogens (tertiary/aromatic N) is 1. The molecule has 3 rings (SSSR count). The molecular weight excluding hydrogens is 857 g/mol. The Morgan fingerprint density at radius 2 is 1.21 bits per heavy atom. The highest BCUT2D eigenvalue weighted by molar-refractivity contribution is 5.97. The van der Waals surface area contributed by atoms with Gasteiger partial charge in [0.05, 0.1) is 13.1 Å². The number of amides is 8. The number of aromatic nitrogens is 1. The zero-order valence-corrected chi connectivity index (χ0v) is 37.7. The Hall–Kier alpha value is -7.52. The van der Waals surface area contributed by atoms with Crippen LogP contribution in [-0.2, 0) is 56.0 Å². The molecule has 0 aliphatic carbocycles. The molecule has 0 spiro atoms. The van der Waals surface area contributed by atoms with Crippen LogP contribution in [0.5, 0.6) is 0 Å². The Labute approximate surface area is 382 Å². The minimum Gasteiger partial charge on any atom is -0.480 e. The lowest BCUT2D eigenvalue weighted by Crippen LogP contribution is -2.58. The zero-order valence-electron chi connectivity index (χ0n) is 37.7. The Balaban J connectivity index is 1.81. The molecule has 0 unspecified atom stereocenters. The fourth-order valence-corrected chi connectivity index (χ4v) is 6.64. The number of benzene rings is 2. The van der Waals surface area contributed by atoms with Crippen molar-refractivity contribution in [3.05, 3.63) is 71.9 Å². The lowest BCUT2D eigenvalue weighted by atomic mass is 10.00. The summed E-state index contributed by atoms with van der Waals surface area (Å²) < 4.78 is 0. The van der Waals surface area contributed by atoms with Crippen molar-refractivity contribution >= 4 is 70.1 Å². The number of carbonyl (C=O) groups excluding carboxylic acids is 8. The van der Waals surface area contributed by atoms with E-state index < -0.39 is 103 Å². The number of rotatable bonds is 26. The minimum absolute atomic E-state index is 0.0263. The molecule has 22 nitrogen and oxygen atoms in total. The summed E-state index contributed by atoms with van der Waals surface area (Å²) in [6.45, 7) is 6.42. The molecule has 8 amide bonds. The van der Waals surface area contributed by atoms with Crippen LogP contribution in [-0.4, -0.2) is 125 Å². The lowest BCUT2D eigenvalue weighted by molar-refractivity contribution is -0.141. The zero-order chi connectivity index (χ0) is 48.9. The molecule has 0 aliphatic heterocycles. The number of H-pyrrole nitrogens is 1. The van der Waals surface area contributed by atoms with Crippen LogP contribution < -0.4 is 54.0 Å². The van der Waals surface area contributed by atoms with Crippen LogP contribution >= 0.6 is 0 Å². The largest absolute Gasteiger partial charge is 0.480 e. The average Bonchev–Trinajstić information content (AvgIpc) is 3.67. The van der Waals surface area contributed by atoms with E-state index in [2.05, 4.69) is 52.5 Å². The lowest BCUT2D eigenvalue weighted by Gasteiger charge is -2.26. The number of guanidine groups is 1. The summed E-state index contributed by atoms with van der Waals surface area (Å²) in [4.78, 5) is 124. The number of nitrogens with two attached hydrogens (primary N) is 2. The van der Waals surface area contributed by atoms with Crippen molar-refractivity contribution < 1.29 is 48.3 Å². The Morgan fingerprint density at radius 3 is 1.83 bits per heavy atom. The molecule has 66 heavy (non-hydrogen) atoms. The van der Waals surface area contributed by atoms with Crippen LogP contribution in [0.4, 0.5) is 0 Å². The van der Waals surface area contributed by atoms with E-state index in [0.717, 1.165) is 16.5 Å². The minimum atomic E-state index is -1.33. The molecular formula is C44H62N12O10. The number of carboxylic acid groups (broad SMARTS) is 1. The summed E-state index contributed by atoms with van der Waals surface area (Å²) in [6, 6.07) is 9.10. The predicted octanol–water partition coefficient (Wildman–Crippen LogP) is -1.66. The number of nitrogens with one attached hydrogen (secondary N) is 9. The summed E-state index contributed by atoms with van der Waals surface area (Å²) in [5, 5.41) is 30.1. The van der Waals surface area contributed by atoms with Crippen LogP contribution in [0, 0.1) is 5.92 Å². The van der Waals surface area contributed by atoms with Crippen LogP contribution in [0.1, 0.15) is 65.0 Å². The number of para-hydroxylation sites is 1. The van der Waals surface area contributed by atoms with Crippen molar-refractivity contribution in [3.63, 3.8) is 0 Å². The van der Waals surface area contributed by atoms with Crippen molar-refractivity contribution in [1.82, 2.24) is 47.5 Å². The number of aromatic amines is 1. The summed E-state index contributed by atoms with van der Waals surface area (Å²) in [7, 11) is 0. The van der Waals surface area contributed by atoms with Gasteiger partial charge in [-0.15, -0.1) is 0 Å². The summed E-state index contributed by atoms with van der Waals surface area (Å²) in [5.74, 6) is -7.27. The van der Waals surface area contributed by atoms with Crippen molar-refractivity contribution in [2.24, 2.45) is 22.4 Å². The fraction of sp³-hybridized carbons (Fsp3) is 0.455. The molecule has 0 saturated heterocycles. The average molecular weight is 919 g/mol. The maximum atomic E-state index is 14.3. The van der Waals surface area contributed by atoms with Gasteiger partial charge in [0.2, 0.25) is 47.3 Å². The standard InChI is InChI=1S/C44H62N12O10/c1-24(2)18-33(54-37(59)23-50-40(62)34(53-27(5)57)19-28-12-7-6-8-13-28)41(63)56-35(20-29-21-48-31-15-10-9-14-30(29)31)42(64)55-32(16-11-17-47-44(45)46)39(61)49-22-36(58)51-25(3)38(60)52-26(4)43(65)66/h6-10,12-15,21,24-26,32-35,48H,11,16-20,22-23H2,1-5H3,(H,49,61)(H,50,62)(H,51,58)(H,52,60)(H,53,57)(H,54,59)(H,55,64)(H,56,63)(H,65,66)(H4,45,46,47)/t25-,26-,32-,33-,34-,35-/m0/s1. The highest BCUT2D eigenvalue weighted by Gasteiger charge is 2.32. The third-order valence-corrected chi connectivity index (χ3v) is 9.99. The number of carbonyl (C=O) groups is 9. The van der Waals surface area contributed by atoms with Gasteiger partial charge < -0.3 is 64.1 Å². The SMILES string of the molecule is CC(=O)N[C@@H](Cc1ccccc1)C(=O)NCC(=O)N[C@@H](CC(C)C)C(=O)N[C@@H](Cc1c[nH]c2ccccc12)C(=O)N[C@@H](CCCN=C(N)N)C(=O)NCC(=O)N[C@@H](C)C(=O)N[C@@H](C)C(=O)O. The quantitative estimate of drug-likeness (QED) is 0.0245. The van der Waals surface area contributed by atoms with E-state index in [0.29, 0.717) is 5.56 Å². The summed E-state index contributed by atoms with van der Waals surface area (Å²) in [6.07, 6.45) is 2.07. The molecule has 6 atom stereocenters. The van der Waals surface area contributed by atoms with Crippen LogP contribution in [0.15, 0.2) is 65.8 Å². The highest BCUT2D eigenvalue weighted by Crippen LogP contribution is 2.20. The number of aliphatic carboxylic acids is 1. The third-order valence-electron chi connectivity index (χ3n) is 9.99. The van der Waals surface area contributed by atoms with Crippen molar-refractivity contribution in [2.75, 3.05) is 19.6 Å². The van der Waals surface area contributed by atoms with Gasteiger partial charge in [0.15, 0.2) is 5.96 Å². The first kappa shape index (κ1) is 52.8. The number of carboxylic acids is 1. The first-order chi connectivity index (χ1) is 31.2. The van der Waals surface area contributed by atoms with Crippen molar-refractivity contribution in [3.8, 4) is 0 Å². The Morgan fingerprint density at radius 1 is 0.636 bits per heavy atom. The monoisotopic (exact) mass is 918 g/mol. The first-order valence-electron chi connectivity index (χ1n) is 21.4. The molecule has 22 heteroatoms. The second kappa shape index (κ2) is 26.3. The molecule has 14 N–H and O–H groups in total. The molecule has 0 saturated carbocycles. The van der Waals surface area contributed by atoms with Gasteiger partial charge in [-0.3, -0.25) is 48.1 Å². The Kier molecular flexibility index (Phi) is 21.1. The van der Waals surface area contributed by atoms with Gasteiger partial charge in [-0.1, -0.05) is 62.4 Å². The van der Waals surface area contributed by atoms with E-state index in [1.807, 2.05) is 38.1 Å². The second-order valence-corrected chi connectivity index (χ2v) is 16.1. The highest BCUT2D eigenvalue weighted by atomic mass is 16.4. The van der Waals surface area contributed by atoms with E-state index in [9.17, 15) is 43.2 Å². The van der Waals surface area contributed by atoms with E-state index in [4.69, 9.17) is 16.6 Å². The van der Waals surface area contributed by atoms with Crippen molar-refractivity contribution in [2.45, 2.75) is 103 Å². The molecule has 1 heterocycles. The molecule has 0 radical (unpaired) electrons. The van der Waals surface area contributed by atoms with E-state index >= 15 is 0 Å². The number of aliphatic imine (C=N–C) groups is 1. The second-order valence-electron chi connectivity index (χ2n) is 16.1. The van der Waals surface area contributed by atoms with E-state index in [-0.39, 0.29) is 50.5 Å². The van der Waals surface area contributed by atoms with Gasteiger partial charge in [0.1, 0.15) is 36.3 Å². The molecule has 3 aromatic rings. The molecule has 0 fully saturated rings. The molecule has 0 aliphatic rings. The van der Waals surface area contributed by atoms with Crippen LogP contribution in [0.3, 0.4) is 0 Å². The predicted molar refractivity (Wildman–Crippen MR) is 244 cm³/mol. The van der Waals surface area contributed by atoms with Gasteiger partial charge in [-0.05, 0) is 56.2 Å². The maximum absolute atomic E-state index is 14.3. The third kappa shape index (κ3) is 18.3. The molecule has 358 valence electrons. The van der Waals surface area contributed by atoms with Crippen LogP contribution in [0.25, 0.3) is 10.9 Å². The molecule has 1 aromatic heterocycles. The van der Waals surface area contributed by atoms with Crippen molar-refractivity contribution in [1.29, 1.82) is 0 Å². The fourth-order valence-electron chi connectivity index (χ4n) is 6.64. The van der Waals surface area contributed by atoms with Gasteiger partial charge in [0, 0.05) is 43.4 Å². The number of hydrogen-bond donors (Lipinski definition) is 12. The van der Waals surface area contributed by atoms with E-state index in [1.54, 1.807) is 36.5 Å². The topological polar surface area (TPSA) is 350 Å². The van der Waals surface area contributed by atoms with Gasteiger partial charge in [-0.2, -0.15) is 0 Å². The molecule has 0 bridgehead atoms. The van der Waals surface area contributed by atoms with Crippen LogP contribution in [0.2, 0.25) is 0 Å². The smallest absolute Gasteiger partial charge is 0.325 e. The summed E-state index contributed by atoms with van der Waals surface area (Å²) in [5.41, 5.74) is 13.1. The van der Waals surface area contributed by atoms with E-state index in [1.165, 1.54) is 20.8 Å². The van der Waals surface area contributed by atoms with Gasteiger partial charge >= 0.3 is 5.97 Å². The first-order valence-corrected chi connectivity index (χ1v) is 21.4. The molecule has 2 aromatic carbocycles. The maximum Gasteiger partial charge on any atom is 0.325 e.